The van der Waals surface area contributed by atoms with E-state index in [4.69, 9.17) is 9.97 Å². The highest BCUT2D eigenvalue weighted by Gasteiger charge is 2.26. The Hall–Kier alpha value is -5.36. The molecule has 2 heterocycles. The molecule has 0 bridgehead atoms. The van der Waals surface area contributed by atoms with E-state index < -0.39 is 0 Å². The SMILES string of the molecule is O=C(NC1CCC(NC(=O)c2cc(-c3ccccc3)nc3ccccc23)CC1)c1cc(-c2ccccc2)nc2ccccc12. The molecular weight excluding hydrogens is 544 g/mol. The second kappa shape index (κ2) is 12.1. The predicted molar refractivity (Wildman–Crippen MR) is 175 cm³/mol. The Bertz CT molecular complexity index is 1820. The molecule has 0 spiro atoms. The lowest BCUT2D eigenvalue weighted by atomic mass is 9.90. The summed E-state index contributed by atoms with van der Waals surface area (Å²) in [7, 11) is 0. The molecule has 6 aromatic rings. The van der Waals surface area contributed by atoms with E-state index in [1.165, 1.54) is 0 Å². The van der Waals surface area contributed by atoms with Crippen molar-refractivity contribution in [1.82, 2.24) is 20.6 Å². The van der Waals surface area contributed by atoms with Gasteiger partial charge in [0.15, 0.2) is 0 Å². The van der Waals surface area contributed by atoms with Crippen LogP contribution in [-0.4, -0.2) is 33.9 Å². The van der Waals surface area contributed by atoms with Crippen molar-refractivity contribution in [2.75, 3.05) is 0 Å². The van der Waals surface area contributed by atoms with Crippen LogP contribution >= 0.6 is 0 Å². The van der Waals surface area contributed by atoms with Gasteiger partial charge in [0, 0.05) is 34.0 Å². The van der Waals surface area contributed by atoms with E-state index in [-0.39, 0.29) is 23.9 Å². The van der Waals surface area contributed by atoms with Crippen molar-refractivity contribution >= 4 is 33.6 Å². The van der Waals surface area contributed by atoms with E-state index in [0.717, 1.165) is 70.0 Å². The maximum Gasteiger partial charge on any atom is 0.252 e. The van der Waals surface area contributed by atoms with Gasteiger partial charge in [0.1, 0.15) is 0 Å². The smallest absolute Gasteiger partial charge is 0.252 e. The highest BCUT2D eigenvalue weighted by atomic mass is 16.2. The number of pyridine rings is 2. The normalized spacial score (nSPS) is 16.5. The molecule has 6 heteroatoms. The summed E-state index contributed by atoms with van der Waals surface area (Å²) in [6.45, 7) is 0. The number of hydrogen-bond donors (Lipinski definition) is 2. The molecule has 2 aromatic heterocycles. The van der Waals surface area contributed by atoms with E-state index in [1.807, 2.05) is 121 Å². The maximum absolute atomic E-state index is 13.6. The minimum Gasteiger partial charge on any atom is -0.349 e. The van der Waals surface area contributed by atoms with Crippen LogP contribution in [0.2, 0.25) is 0 Å². The van der Waals surface area contributed by atoms with E-state index in [9.17, 15) is 9.59 Å². The molecule has 2 N–H and O–H groups in total. The van der Waals surface area contributed by atoms with Gasteiger partial charge in [-0.05, 0) is 49.9 Å². The van der Waals surface area contributed by atoms with Gasteiger partial charge in [0.05, 0.1) is 33.5 Å². The molecule has 216 valence electrons. The first-order valence-corrected chi connectivity index (χ1v) is 15.1. The van der Waals surface area contributed by atoms with Gasteiger partial charge in [0.2, 0.25) is 0 Å². The summed E-state index contributed by atoms with van der Waals surface area (Å²) in [6, 6.07) is 39.3. The molecule has 0 aliphatic heterocycles. The third-order valence-electron chi connectivity index (χ3n) is 8.46. The fourth-order valence-electron chi connectivity index (χ4n) is 6.15. The predicted octanol–water partition coefficient (Wildman–Crippen LogP) is 7.59. The van der Waals surface area contributed by atoms with Crippen LogP contribution in [0.25, 0.3) is 44.3 Å². The molecule has 0 radical (unpaired) electrons. The maximum atomic E-state index is 13.6. The molecule has 0 unspecified atom stereocenters. The molecule has 0 atom stereocenters. The summed E-state index contributed by atoms with van der Waals surface area (Å²) in [5.41, 5.74) is 6.35. The van der Waals surface area contributed by atoms with Gasteiger partial charge in [-0.1, -0.05) is 97.1 Å². The van der Waals surface area contributed by atoms with Crippen LogP contribution in [0.1, 0.15) is 46.4 Å². The van der Waals surface area contributed by atoms with Crippen LogP contribution in [0.3, 0.4) is 0 Å². The number of amides is 2. The summed E-state index contributed by atoms with van der Waals surface area (Å²) >= 11 is 0. The Morgan fingerprint density at radius 1 is 0.500 bits per heavy atom. The highest BCUT2D eigenvalue weighted by Crippen LogP contribution is 2.28. The number of carbonyl (C=O) groups excluding carboxylic acids is 2. The van der Waals surface area contributed by atoms with Gasteiger partial charge in [-0.2, -0.15) is 0 Å². The monoisotopic (exact) mass is 576 g/mol. The van der Waals surface area contributed by atoms with Crippen LogP contribution in [0, 0.1) is 0 Å². The van der Waals surface area contributed by atoms with Gasteiger partial charge >= 0.3 is 0 Å². The van der Waals surface area contributed by atoms with Crippen LogP contribution < -0.4 is 10.6 Å². The molecule has 1 saturated carbocycles. The second-order valence-electron chi connectivity index (χ2n) is 11.4. The van der Waals surface area contributed by atoms with Crippen LogP contribution in [-0.2, 0) is 0 Å². The molecule has 1 aliphatic carbocycles. The minimum atomic E-state index is -0.0926. The average Bonchev–Trinajstić information content (AvgIpc) is 3.09. The summed E-state index contributed by atoms with van der Waals surface area (Å²) < 4.78 is 0. The number of aromatic nitrogens is 2. The molecule has 1 fully saturated rings. The Morgan fingerprint density at radius 3 is 1.27 bits per heavy atom. The minimum absolute atomic E-state index is 0.0363. The first kappa shape index (κ1) is 27.5. The second-order valence-corrected chi connectivity index (χ2v) is 11.4. The first-order chi connectivity index (χ1) is 21.6. The molecule has 7 rings (SSSR count). The number of hydrogen-bond acceptors (Lipinski definition) is 4. The Balaban J connectivity index is 1.05. The van der Waals surface area contributed by atoms with E-state index in [2.05, 4.69) is 10.6 Å². The molecule has 4 aromatic carbocycles. The number of nitrogens with zero attached hydrogens (tertiary/aromatic N) is 2. The van der Waals surface area contributed by atoms with Gasteiger partial charge < -0.3 is 10.6 Å². The number of carbonyl (C=O) groups is 2. The number of rotatable bonds is 6. The number of nitrogens with one attached hydrogen (secondary N) is 2. The van der Waals surface area contributed by atoms with E-state index in [0.29, 0.717) is 11.1 Å². The van der Waals surface area contributed by atoms with Gasteiger partial charge in [0.25, 0.3) is 11.8 Å². The lowest BCUT2D eigenvalue weighted by Gasteiger charge is -2.30. The number of fused-ring (bicyclic) bond motifs is 2. The molecule has 1 aliphatic rings. The Kier molecular flexibility index (Phi) is 7.55. The Labute approximate surface area is 256 Å². The van der Waals surface area contributed by atoms with Crippen molar-refractivity contribution in [2.24, 2.45) is 0 Å². The topological polar surface area (TPSA) is 84.0 Å². The molecule has 2 amide bonds. The van der Waals surface area contributed by atoms with Gasteiger partial charge in [-0.15, -0.1) is 0 Å². The fourth-order valence-corrected chi connectivity index (χ4v) is 6.15. The zero-order chi connectivity index (χ0) is 29.9. The van der Waals surface area contributed by atoms with Crippen molar-refractivity contribution in [1.29, 1.82) is 0 Å². The number of para-hydroxylation sites is 2. The van der Waals surface area contributed by atoms with Gasteiger partial charge in [-0.3, -0.25) is 9.59 Å². The summed E-state index contributed by atoms with van der Waals surface area (Å²) in [4.78, 5) is 36.9. The lowest BCUT2D eigenvalue weighted by Crippen LogP contribution is -2.44. The third kappa shape index (κ3) is 5.66. The lowest BCUT2D eigenvalue weighted by molar-refractivity contribution is 0.0893. The van der Waals surface area contributed by atoms with Crippen LogP contribution in [0.15, 0.2) is 121 Å². The molecule has 0 saturated heterocycles. The van der Waals surface area contributed by atoms with Crippen LogP contribution in [0.5, 0.6) is 0 Å². The van der Waals surface area contributed by atoms with Crippen molar-refractivity contribution in [3.8, 4) is 22.5 Å². The summed E-state index contributed by atoms with van der Waals surface area (Å²) in [6.07, 6.45) is 3.16. The highest BCUT2D eigenvalue weighted by molar-refractivity contribution is 6.08. The van der Waals surface area contributed by atoms with Crippen molar-refractivity contribution < 1.29 is 9.59 Å². The van der Waals surface area contributed by atoms with E-state index in [1.54, 1.807) is 0 Å². The van der Waals surface area contributed by atoms with Crippen molar-refractivity contribution in [3.05, 3.63) is 132 Å². The molecule has 6 nitrogen and oxygen atoms in total. The molecular formula is C38H32N4O2. The first-order valence-electron chi connectivity index (χ1n) is 15.1. The largest absolute Gasteiger partial charge is 0.349 e. The quantitative estimate of drug-likeness (QED) is 0.214. The standard InChI is InChI=1S/C38H32N4O2/c43-37(31-23-35(25-11-3-1-4-12-25)41-33-17-9-7-15-29(31)33)39-27-19-21-28(22-20-27)40-38(44)32-24-36(26-13-5-2-6-14-26)42-34-18-10-8-16-30(32)34/h1-18,23-24,27-28H,19-22H2,(H,39,43)(H,40,44). The summed E-state index contributed by atoms with van der Waals surface area (Å²) in [5.74, 6) is -0.185. The van der Waals surface area contributed by atoms with Crippen LogP contribution in [0.4, 0.5) is 0 Å². The Morgan fingerprint density at radius 2 is 0.864 bits per heavy atom. The third-order valence-corrected chi connectivity index (χ3v) is 8.46. The average molecular weight is 577 g/mol. The fraction of sp³-hybridized carbons (Fsp3) is 0.158. The van der Waals surface area contributed by atoms with Crippen molar-refractivity contribution in [3.63, 3.8) is 0 Å². The van der Waals surface area contributed by atoms with Gasteiger partial charge in [-0.25, -0.2) is 9.97 Å². The van der Waals surface area contributed by atoms with E-state index >= 15 is 0 Å². The van der Waals surface area contributed by atoms with Crippen molar-refractivity contribution in [2.45, 2.75) is 37.8 Å². The summed E-state index contributed by atoms with van der Waals surface area (Å²) in [5, 5.41) is 8.22. The molecule has 44 heavy (non-hydrogen) atoms. The zero-order valence-electron chi connectivity index (χ0n) is 24.2. The number of benzene rings is 4. The zero-order valence-corrected chi connectivity index (χ0v) is 24.2.